The zero-order chi connectivity index (χ0) is 17.7. The lowest BCUT2D eigenvalue weighted by atomic mass is 10.1. The van der Waals surface area contributed by atoms with Gasteiger partial charge in [0.1, 0.15) is 6.61 Å². The molecule has 0 heterocycles. The van der Waals surface area contributed by atoms with Crippen LogP contribution in [0.2, 0.25) is 0 Å². The molecule has 24 heavy (non-hydrogen) atoms. The van der Waals surface area contributed by atoms with Crippen molar-refractivity contribution in [3.05, 3.63) is 0 Å². The van der Waals surface area contributed by atoms with E-state index >= 15 is 0 Å². The van der Waals surface area contributed by atoms with Gasteiger partial charge in [-0.3, -0.25) is 4.79 Å². The van der Waals surface area contributed by atoms with E-state index in [-0.39, 0.29) is 5.97 Å². The molecule has 0 aliphatic rings. The van der Waals surface area contributed by atoms with E-state index in [2.05, 4.69) is 12.2 Å². The molecule has 144 valence electrons. The van der Waals surface area contributed by atoms with Gasteiger partial charge in [0.05, 0.1) is 39.6 Å². The lowest BCUT2D eigenvalue weighted by Crippen LogP contribution is -2.17. The van der Waals surface area contributed by atoms with Crippen molar-refractivity contribution in [3.8, 4) is 0 Å². The van der Waals surface area contributed by atoms with Crippen molar-refractivity contribution in [2.75, 3.05) is 59.8 Å². The Morgan fingerprint density at radius 2 is 1.29 bits per heavy atom. The van der Waals surface area contributed by atoms with Crippen molar-refractivity contribution in [2.45, 2.75) is 51.9 Å². The quantitative estimate of drug-likeness (QED) is 0.286. The molecular weight excluding hydrogens is 310 g/mol. The number of likely N-dealkylation sites (N-methyl/N-ethyl adjacent to an activating group) is 1. The zero-order valence-electron chi connectivity index (χ0n) is 15.6. The largest absolute Gasteiger partial charge is 0.463 e. The number of rotatable bonds is 19. The first-order valence-electron chi connectivity index (χ1n) is 9.34. The van der Waals surface area contributed by atoms with Crippen LogP contribution in [0.1, 0.15) is 51.9 Å². The van der Waals surface area contributed by atoms with Crippen LogP contribution in [0.25, 0.3) is 0 Å². The third-order valence-corrected chi connectivity index (χ3v) is 3.47. The first-order chi connectivity index (χ1) is 11.8. The summed E-state index contributed by atoms with van der Waals surface area (Å²) in [6, 6.07) is 0. The maximum atomic E-state index is 11.5. The third kappa shape index (κ3) is 19.4. The molecule has 0 atom stereocenters. The molecule has 6 nitrogen and oxygen atoms in total. The zero-order valence-corrected chi connectivity index (χ0v) is 15.6. The third-order valence-electron chi connectivity index (χ3n) is 3.47. The standard InChI is InChI=1S/C18H37NO5/c1-3-4-5-6-7-8-9-18(20)24-17-16-23-15-14-22-13-12-21-11-10-19-2/h19H,3-17H2,1-2H3. The van der Waals surface area contributed by atoms with Crippen LogP contribution in [-0.2, 0) is 23.7 Å². The molecule has 0 radical (unpaired) electrons. The number of carbonyl (C=O) groups excluding carboxylic acids is 1. The normalized spacial score (nSPS) is 10.9. The molecule has 0 unspecified atom stereocenters. The minimum Gasteiger partial charge on any atom is -0.463 e. The summed E-state index contributed by atoms with van der Waals surface area (Å²) in [5.74, 6) is -0.121. The van der Waals surface area contributed by atoms with E-state index in [0.717, 1.165) is 19.4 Å². The highest BCUT2D eigenvalue weighted by atomic mass is 16.6. The van der Waals surface area contributed by atoms with Crippen molar-refractivity contribution in [3.63, 3.8) is 0 Å². The molecule has 0 saturated heterocycles. The fraction of sp³-hybridized carbons (Fsp3) is 0.944. The van der Waals surface area contributed by atoms with Crippen molar-refractivity contribution < 1.29 is 23.7 Å². The summed E-state index contributed by atoms with van der Waals surface area (Å²) in [6.07, 6.45) is 7.57. The van der Waals surface area contributed by atoms with Gasteiger partial charge in [0, 0.05) is 13.0 Å². The monoisotopic (exact) mass is 347 g/mol. The number of ether oxygens (including phenoxy) is 4. The summed E-state index contributed by atoms with van der Waals surface area (Å²) >= 11 is 0. The van der Waals surface area contributed by atoms with E-state index in [4.69, 9.17) is 18.9 Å². The van der Waals surface area contributed by atoms with Gasteiger partial charge in [0.2, 0.25) is 0 Å². The maximum absolute atomic E-state index is 11.5. The lowest BCUT2D eigenvalue weighted by molar-refractivity contribution is -0.145. The van der Waals surface area contributed by atoms with E-state index in [1.165, 1.54) is 25.7 Å². The summed E-state index contributed by atoms with van der Waals surface area (Å²) in [5.41, 5.74) is 0. The predicted molar refractivity (Wildman–Crippen MR) is 95.3 cm³/mol. The Morgan fingerprint density at radius 1 is 0.750 bits per heavy atom. The highest BCUT2D eigenvalue weighted by Gasteiger charge is 2.02. The second-order valence-electron chi connectivity index (χ2n) is 5.68. The minimum atomic E-state index is -0.121. The first kappa shape index (κ1) is 23.3. The Bertz CT molecular complexity index is 264. The van der Waals surface area contributed by atoms with Gasteiger partial charge in [-0.05, 0) is 13.5 Å². The number of hydrogen-bond donors (Lipinski definition) is 1. The molecule has 0 saturated carbocycles. The average molecular weight is 347 g/mol. The molecule has 0 aromatic rings. The minimum absolute atomic E-state index is 0.121. The molecule has 0 amide bonds. The van der Waals surface area contributed by atoms with Gasteiger partial charge >= 0.3 is 5.97 Å². The highest BCUT2D eigenvalue weighted by molar-refractivity contribution is 5.69. The molecule has 1 N–H and O–H groups in total. The SMILES string of the molecule is CCCCCCCCC(=O)OCCOCCOCCOCCNC. The maximum Gasteiger partial charge on any atom is 0.305 e. The van der Waals surface area contributed by atoms with E-state index < -0.39 is 0 Å². The van der Waals surface area contributed by atoms with Gasteiger partial charge in [0.15, 0.2) is 0 Å². The van der Waals surface area contributed by atoms with Gasteiger partial charge in [-0.15, -0.1) is 0 Å². The Hall–Kier alpha value is -0.690. The lowest BCUT2D eigenvalue weighted by Gasteiger charge is -2.07. The molecule has 0 aliphatic carbocycles. The summed E-state index contributed by atoms with van der Waals surface area (Å²) in [4.78, 5) is 11.5. The number of carbonyl (C=O) groups is 1. The number of esters is 1. The molecule has 0 aliphatic heterocycles. The number of nitrogens with one attached hydrogen (secondary N) is 1. The van der Waals surface area contributed by atoms with Crippen LogP contribution >= 0.6 is 0 Å². The average Bonchev–Trinajstić information content (AvgIpc) is 2.59. The Kier molecular flexibility index (Phi) is 19.8. The van der Waals surface area contributed by atoms with Gasteiger partial charge in [-0.25, -0.2) is 0 Å². The van der Waals surface area contributed by atoms with Crippen LogP contribution in [0.5, 0.6) is 0 Å². The van der Waals surface area contributed by atoms with E-state index in [0.29, 0.717) is 52.7 Å². The first-order valence-corrected chi connectivity index (χ1v) is 9.34. The smallest absolute Gasteiger partial charge is 0.305 e. The van der Waals surface area contributed by atoms with Crippen LogP contribution < -0.4 is 5.32 Å². The van der Waals surface area contributed by atoms with Crippen LogP contribution in [0.15, 0.2) is 0 Å². The van der Waals surface area contributed by atoms with E-state index in [1.54, 1.807) is 0 Å². The van der Waals surface area contributed by atoms with Crippen LogP contribution in [-0.4, -0.2) is 65.8 Å². The van der Waals surface area contributed by atoms with E-state index in [1.807, 2.05) is 7.05 Å². The Morgan fingerprint density at radius 3 is 1.92 bits per heavy atom. The predicted octanol–water partition coefficient (Wildman–Crippen LogP) is 2.55. The summed E-state index contributed by atoms with van der Waals surface area (Å²) in [5, 5.41) is 3.01. The fourth-order valence-electron chi connectivity index (χ4n) is 2.05. The summed E-state index contributed by atoms with van der Waals surface area (Å²) < 4.78 is 21.1. The van der Waals surface area contributed by atoms with Crippen molar-refractivity contribution in [1.29, 1.82) is 0 Å². The number of unbranched alkanes of at least 4 members (excludes halogenated alkanes) is 5. The van der Waals surface area contributed by atoms with E-state index in [9.17, 15) is 4.79 Å². The summed E-state index contributed by atoms with van der Waals surface area (Å²) in [7, 11) is 1.89. The van der Waals surface area contributed by atoms with Crippen LogP contribution in [0.3, 0.4) is 0 Å². The van der Waals surface area contributed by atoms with Gasteiger partial charge < -0.3 is 24.3 Å². The molecule has 0 bridgehead atoms. The molecule has 0 aromatic carbocycles. The Balaban J connectivity index is 3.11. The van der Waals surface area contributed by atoms with Crippen molar-refractivity contribution in [2.24, 2.45) is 0 Å². The fourth-order valence-corrected chi connectivity index (χ4v) is 2.05. The highest BCUT2D eigenvalue weighted by Crippen LogP contribution is 2.07. The molecule has 0 rings (SSSR count). The van der Waals surface area contributed by atoms with Gasteiger partial charge in [-0.1, -0.05) is 39.0 Å². The molecular formula is C18H37NO5. The van der Waals surface area contributed by atoms with Crippen molar-refractivity contribution >= 4 is 5.97 Å². The molecule has 0 aromatic heterocycles. The molecule has 6 heteroatoms. The van der Waals surface area contributed by atoms with Gasteiger partial charge in [-0.2, -0.15) is 0 Å². The Labute approximate surface area is 147 Å². The number of hydrogen-bond acceptors (Lipinski definition) is 6. The second-order valence-corrected chi connectivity index (χ2v) is 5.68. The molecule has 0 fully saturated rings. The topological polar surface area (TPSA) is 66.0 Å². The van der Waals surface area contributed by atoms with Crippen LogP contribution in [0.4, 0.5) is 0 Å². The van der Waals surface area contributed by atoms with Crippen molar-refractivity contribution in [1.82, 2.24) is 5.32 Å². The molecule has 0 spiro atoms. The van der Waals surface area contributed by atoms with Gasteiger partial charge in [0.25, 0.3) is 0 Å². The van der Waals surface area contributed by atoms with Crippen LogP contribution in [0, 0.1) is 0 Å². The second kappa shape index (κ2) is 20.4. The summed E-state index contributed by atoms with van der Waals surface area (Å²) in [6.45, 7) is 6.68.